The Morgan fingerprint density at radius 1 is 1.07 bits per heavy atom. The molecule has 0 bridgehead atoms. The smallest absolute Gasteiger partial charge is 0.127 e. The molecule has 1 N–H and O–H groups in total. The molecule has 4 nitrogen and oxygen atoms in total. The molecule has 1 fully saturated rings. The summed E-state index contributed by atoms with van der Waals surface area (Å²) >= 11 is 0. The summed E-state index contributed by atoms with van der Waals surface area (Å²) in [5, 5.41) is 13.7. The Bertz CT molecular complexity index is 983. The number of hydrogen-bond donors (Lipinski definition) is 1. The molecule has 2 aromatic carbocycles. The van der Waals surface area contributed by atoms with Gasteiger partial charge in [-0.25, -0.2) is 0 Å². The lowest BCUT2D eigenvalue weighted by Gasteiger charge is -2.28. The van der Waals surface area contributed by atoms with Gasteiger partial charge in [0.25, 0.3) is 0 Å². The number of fused-ring (bicyclic) bond motifs is 1. The molecule has 0 spiro atoms. The molecule has 1 aliphatic heterocycles. The fraction of sp³-hybridized carbons (Fsp3) is 0.333. The van der Waals surface area contributed by atoms with E-state index in [2.05, 4.69) is 35.7 Å². The predicted molar refractivity (Wildman–Crippen MR) is 111 cm³/mol. The molecule has 0 amide bonds. The number of rotatable bonds is 4. The lowest BCUT2D eigenvalue weighted by Crippen LogP contribution is -2.21. The summed E-state index contributed by atoms with van der Waals surface area (Å²) in [6.45, 7) is 4.11. The van der Waals surface area contributed by atoms with Crippen molar-refractivity contribution in [3.63, 3.8) is 0 Å². The number of nitrogens with zero attached hydrogens (tertiary/aromatic N) is 2. The molecule has 1 aliphatic rings. The molecule has 142 valence electrons. The number of aromatic nitrogens is 1. The number of aryl methyl sites for hydroxylation is 1. The highest BCUT2D eigenvalue weighted by Gasteiger charge is 2.26. The Hall–Kier alpha value is -2.90. The second-order valence-corrected chi connectivity index (χ2v) is 7.52. The maximum absolute atomic E-state index is 9.04. The van der Waals surface area contributed by atoms with Crippen molar-refractivity contribution >= 4 is 10.9 Å². The lowest BCUT2D eigenvalue weighted by atomic mass is 9.89. The SMILES string of the molecule is Cc1ccc2ccc(C(Oc3ccc(C#N)cc3)C3CCCNCC3)cc2n1. The monoisotopic (exact) mass is 371 g/mol. The Morgan fingerprint density at radius 2 is 1.89 bits per heavy atom. The molecular weight excluding hydrogens is 346 g/mol. The van der Waals surface area contributed by atoms with E-state index in [0.29, 0.717) is 11.5 Å². The van der Waals surface area contributed by atoms with Gasteiger partial charge in [0.05, 0.1) is 17.1 Å². The van der Waals surface area contributed by atoms with Crippen LogP contribution in [0, 0.1) is 24.2 Å². The first-order valence-electron chi connectivity index (χ1n) is 9.98. The van der Waals surface area contributed by atoms with Crippen molar-refractivity contribution in [2.24, 2.45) is 5.92 Å². The van der Waals surface area contributed by atoms with Gasteiger partial charge < -0.3 is 10.1 Å². The van der Waals surface area contributed by atoms with Crippen LogP contribution in [0.25, 0.3) is 10.9 Å². The highest BCUT2D eigenvalue weighted by atomic mass is 16.5. The zero-order chi connectivity index (χ0) is 19.3. The summed E-state index contributed by atoms with van der Waals surface area (Å²) < 4.78 is 6.51. The Morgan fingerprint density at radius 3 is 2.71 bits per heavy atom. The maximum atomic E-state index is 9.04. The van der Waals surface area contributed by atoms with E-state index in [1.54, 1.807) is 0 Å². The third kappa shape index (κ3) is 4.16. The Kier molecular flexibility index (Phi) is 5.55. The lowest BCUT2D eigenvalue weighted by molar-refractivity contribution is 0.126. The number of ether oxygens (including phenoxy) is 1. The Balaban J connectivity index is 1.69. The molecule has 2 atom stereocenters. The van der Waals surface area contributed by atoms with E-state index >= 15 is 0 Å². The Labute approximate surface area is 166 Å². The molecule has 28 heavy (non-hydrogen) atoms. The van der Waals surface area contributed by atoms with Gasteiger partial charge in [-0.2, -0.15) is 5.26 Å². The summed E-state index contributed by atoms with van der Waals surface area (Å²) in [4.78, 5) is 4.71. The minimum absolute atomic E-state index is 0.0282. The van der Waals surface area contributed by atoms with E-state index < -0.39 is 0 Å². The highest BCUT2D eigenvalue weighted by Crippen LogP contribution is 2.35. The van der Waals surface area contributed by atoms with Crippen LogP contribution >= 0.6 is 0 Å². The van der Waals surface area contributed by atoms with Crippen LogP contribution in [-0.4, -0.2) is 18.1 Å². The summed E-state index contributed by atoms with van der Waals surface area (Å²) in [6, 6.07) is 20.2. The molecule has 0 saturated carbocycles. The molecular formula is C24H25N3O. The van der Waals surface area contributed by atoms with Crippen molar-refractivity contribution in [1.82, 2.24) is 10.3 Å². The average Bonchev–Trinajstić information content (AvgIpc) is 3.01. The first-order valence-corrected chi connectivity index (χ1v) is 9.98. The van der Waals surface area contributed by atoms with Crippen LogP contribution in [-0.2, 0) is 0 Å². The number of hydrogen-bond acceptors (Lipinski definition) is 4. The van der Waals surface area contributed by atoms with E-state index in [-0.39, 0.29) is 6.10 Å². The minimum atomic E-state index is -0.0282. The number of nitrogens with one attached hydrogen (secondary N) is 1. The van der Waals surface area contributed by atoms with Crippen LogP contribution in [0.5, 0.6) is 5.75 Å². The van der Waals surface area contributed by atoms with Crippen molar-refractivity contribution in [2.45, 2.75) is 32.3 Å². The fourth-order valence-corrected chi connectivity index (χ4v) is 3.95. The quantitative estimate of drug-likeness (QED) is 0.707. The van der Waals surface area contributed by atoms with Gasteiger partial charge in [-0.05, 0) is 81.2 Å². The number of pyridine rings is 1. The van der Waals surface area contributed by atoms with Gasteiger partial charge in [0.1, 0.15) is 11.9 Å². The number of benzene rings is 2. The van der Waals surface area contributed by atoms with E-state index in [1.807, 2.05) is 37.3 Å². The molecule has 0 radical (unpaired) electrons. The fourth-order valence-electron chi connectivity index (χ4n) is 3.95. The van der Waals surface area contributed by atoms with Gasteiger partial charge in [0.2, 0.25) is 0 Å². The summed E-state index contributed by atoms with van der Waals surface area (Å²) in [6.07, 6.45) is 3.34. The summed E-state index contributed by atoms with van der Waals surface area (Å²) in [5.74, 6) is 1.24. The van der Waals surface area contributed by atoms with Crippen LogP contribution in [0.3, 0.4) is 0 Å². The first-order chi connectivity index (χ1) is 13.7. The van der Waals surface area contributed by atoms with Crippen molar-refractivity contribution in [1.29, 1.82) is 5.26 Å². The highest BCUT2D eigenvalue weighted by molar-refractivity contribution is 5.79. The zero-order valence-electron chi connectivity index (χ0n) is 16.2. The molecule has 0 aliphatic carbocycles. The second kappa shape index (κ2) is 8.41. The van der Waals surface area contributed by atoms with Gasteiger partial charge >= 0.3 is 0 Å². The van der Waals surface area contributed by atoms with E-state index in [4.69, 9.17) is 15.0 Å². The van der Waals surface area contributed by atoms with E-state index in [9.17, 15) is 0 Å². The van der Waals surface area contributed by atoms with Gasteiger partial charge in [-0.1, -0.05) is 18.2 Å². The topological polar surface area (TPSA) is 57.9 Å². The molecule has 4 heteroatoms. The second-order valence-electron chi connectivity index (χ2n) is 7.52. The standard InChI is InChI=1S/C24H25N3O/c1-17-4-7-19-8-9-21(15-23(19)27-17)24(20-3-2-13-26-14-12-20)28-22-10-5-18(16-25)6-11-22/h4-11,15,20,24,26H,2-3,12-14H2,1H3. The van der Waals surface area contributed by atoms with Gasteiger partial charge in [0.15, 0.2) is 0 Å². The van der Waals surface area contributed by atoms with Crippen molar-refractivity contribution in [3.8, 4) is 11.8 Å². The largest absolute Gasteiger partial charge is 0.485 e. The predicted octanol–water partition coefficient (Wildman–Crippen LogP) is 4.92. The molecule has 1 saturated heterocycles. The van der Waals surface area contributed by atoms with Crippen LogP contribution in [0.15, 0.2) is 54.6 Å². The van der Waals surface area contributed by atoms with Gasteiger partial charge in [0, 0.05) is 17.0 Å². The third-order valence-corrected chi connectivity index (χ3v) is 5.48. The van der Waals surface area contributed by atoms with Crippen molar-refractivity contribution in [2.75, 3.05) is 13.1 Å². The van der Waals surface area contributed by atoms with Crippen LogP contribution in [0.4, 0.5) is 0 Å². The van der Waals surface area contributed by atoms with E-state index in [0.717, 1.165) is 54.7 Å². The molecule has 2 heterocycles. The van der Waals surface area contributed by atoms with Crippen LogP contribution < -0.4 is 10.1 Å². The molecule has 1 aromatic heterocycles. The number of nitriles is 1. The molecule has 2 unspecified atom stereocenters. The molecule has 4 rings (SSSR count). The van der Waals surface area contributed by atoms with Crippen molar-refractivity contribution < 1.29 is 4.74 Å². The maximum Gasteiger partial charge on any atom is 0.127 e. The first kappa shape index (κ1) is 18.5. The average molecular weight is 371 g/mol. The summed E-state index contributed by atoms with van der Waals surface area (Å²) in [5.41, 5.74) is 3.85. The third-order valence-electron chi connectivity index (χ3n) is 5.48. The van der Waals surface area contributed by atoms with E-state index in [1.165, 1.54) is 5.56 Å². The normalized spacial score (nSPS) is 18.2. The minimum Gasteiger partial charge on any atom is -0.485 e. The van der Waals surface area contributed by atoms with Gasteiger partial charge in [-0.3, -0.25) is 4.98 Å². The summed E-state index contributed by atoms with van der Waals surface area (Å²) in [7, 11) is 0. The zero-order valence-corrected chi connectivity index (χ0v) is 16.2. The molecule has 3 aromatic rings. The van der Waals surface area contributed by atoms with Gasteiger partial charge in [-0.15, -0.1) is 0 Å². The van der Waals surface area contributed by atoms with Crippen molar-refractivity contribution in [3.05, 3.63) is 71.4 Å². The van der Waals surface area contributed by atoms with Crippen LogP contribution in [0.1, 0.15) is 42.2 Å². The van der Waals surface area contributed by atoms with Crippen LogP contribution in [0.2, 0.25) is 0 Å².